The van der Waals surface area contributed by atoms with E-state index in [9.17, 15) is 9.59 Å². The minimum atomic E-state index is -0.703. The number of fused-ring (bicyclic) bond motifs is 1. The first kappa shape index (κ1) is 22.5. The fraction of sp³-hybridized carbons (Fsp3) is 0.462. The number of rotatable bonds is 8. The van der Waals surface area contributed by atoms with Crippen molar-refractivity contribution in [3.63, 3.8) is 0 Å². The van der Waals surface area contributed by atoms with Crippen molar-refractivity contribution in [2.45, 2.75) is 38.4 Å². The maximum Gasteiger partial charge on any atom is 0.338 e. The third-order valence-corrected chi connectivity index (χ3v) is 6.93. The van der Waals surface area contributed by atoms with E-state index in [4.69, 9.17) is 28.4 Å². The Bertz CT molecular complexity index is 1100. The van der Waals surface area contributed by atoms with Gasteiger partial charge in [0.15, 0.2) is 11.5 Å². The van der Waals surface area contributed by atoms with E-state index in [2.05, 4.69) is 0 Å². The summed E-state index contributed by atoms with van der Waals surface area (Å²) in [6.45, 7) is 1.40. The summed E-state index contributed by atoms with van der Waals surface area (Å²) >= 11 is 0. The van der Waals surface area contributed by atoms with Crippen LogP contribution in [0.25, 0.3) is 11.1 Å². The number of cyclic esters (lactones) is 1. The number of carbonyl (C=O) groups excluding carboxylic acids is 2. The van der Waals surface area contributed by atoms with Crippen molar-refractivity contribution >= 4 is 11.9 Å². The summed E-state index contributed by atoms with van der Waals surface area (Å²) in [7, 11) is 3.10. The zero-order valence-corrected chi connectivity index (χ0v) is 19.4. The van der Waals surface area contributed by atoms with Crippen molar-refractivity contribution in [1.82, 2.24) is 0 Å². The summed E-state index contributed by atoms with van der Waals surface area (Å²) in [6, 6.07) is 9.15. The van der Waals surface area contributed by atoms with Crippen molar-refractivity contribution in [2.75, 3.05) is 34.0 Å². The monoisotopic (exact) mass is 468 g/mol. The minimum absolute atomic E-state index is 0.153. The van der Waals surface area contributed by atoms with Crippen molar-refractivity contribution in [1.29, 1.82) is 0 Å². The Hall–Kier alpha value is -3.26. The second-order valence-electron chi connectivity index (χ2n) is 8.90. The predicted octanol–water partition coefficient (Wildman–Crippen LogP) is 3.92. The molecule has 0 bridgehead atoms. The second kappa shape index (κ2) is 9.18. The number of benzene rings is 2. The molecule has 8 heteroatoms. The van der Waals surface area contributed by atoms with E-state index >= 15 is 0 Å². The number of hydrogen-bond acceptors (Lipinski definition) is 8. The number of ether oxygens (including phenoxy) is 6. The molecule has 0 spiro atoms. The van der Waals surface area contributed by atoms with Crippen LogP contribution in [0.5, 0.6) is 17.2 Å². The quantitative estimate of drug-likeness (QED) is 0.539. The number of carbonyl (C=O) groups is 2. The average Bonchev–Trinajstić information content (AvgIpc) is 3.47. The first-order valence-electron chi connectivity index (χ1n) is 11.5. The molecule has 8 nitrogen and oxygen atoms in total. The van der Waals surface area contributed by atoms with Crippen molar-refractivity contribution in [2.24, 2.45) is 5.41 Å². The van der Waals surface area contributed by atoms with Crippen LogP contribution in [0.4, 0.5) is 0 Å². The maximum absolute atomic E-state index is 13.1. The predicted molar refractivity (Wildman–Crippen MR) is 121 cm³/mol. The summed E-state index contributed by atoms with van der Waals surface area (Å²) in [4.78, 5) is 25.2. The Labute approximate surface area is 198 Å². The Morgan fingerprint density at radius 2 is 1.88 bits per heavy atom. The summed E-state index contributed by atoms with van der Waals surface area (Å²) in [6.07, 6.45) is 2.86. The van der Waals surface area contributed by atoms with Crippen LogP contribution in [0.1, 0.15) is 41.6 Å². The van der Waals surface area contributed by atoms with Crippen molar-refractivity contribution < 1.29 is 38.0 Å². The molecule has 2 aromatic rings. The third-order valence-electron chi connectivity index (χ3n) is 6.93. The van der Waals surface area contributed by atoms with Crippen LogP contribution in [0.15, 0.2) is 30.3 Å². The lowest BCUT2D eigenvalue weighted by Crippen LogP contribution is -2.45. The van der Waals surface area contributed by atoms with E-state index in [0.29, 0.717) is 48.9 Å². The van der Waals surface area contributed by atoms with E-state index < -0.39 is 5.41 Å². The molecule has 1 aliphatic carbocycles. The summed E-state index contributed by atoms with van der Waals surface area (Å²) < 4.78 is 33.9. The molecule has 0 N–H and O–H groups in total. The van der Waals surface area contributed by atoms with Gasteiger partial charge in [0.2, 0.25) is 5.75 Å². The number of methoxy groups -OCH3 is 2. The van der Waals surface area contributed by atoms with Crippen LogP contribution in [-0.4, -0.2) is 52.1 Å². The first-order valence-corrected chi connectivity index (χ1v) is 11.5. The van der Waals surface area contributed by atoms with Gasteiger partial charge in [0.1, 0.15) is 24.7 Å². The van der Waals surface area contributed by atoms with Gasteiger partial charge >= 0.3 is 11.9 Å². The molecule has 2 heterocycles. The van der Waals surface area contributed by atoms with Crippen LogP contribution in [-0.2, 0) is 25.6 Å². The lowest BCUT2D eigenvalue weighted by atomic mass is 9.69. The topological polar surface area (TPSA) is 89.5 Å². The molecular formula is C26H28O8. The summed E-state index contributed by atoms with van der Waals surface area (Å²) in [5.74, 6) is 0.811. The molecular weight excluding hydrogens is 440 g/mol. The zero-order chi connectivity index (χ0) is 23.7. The number of hydrogen-bond donors (Lipinski definition) is 0. The van der Waals surface area contributed by atoms with Gasteiger partial charge in [0.25, 0.3) is 0 Å². The fourth-order valence-electron chi connectivity index (χ4n) is 4.76. The van der Waals surface area contributed by atoms with Gasteiger partial charge in [-0.2, -0.15) is 0 Å². The van der Waals surface area contributed by atoms with Gasteiger partial charge in [-0.3, -0.25) is 4.79 Å². The molecule has 3 aliphatic rings. The average molecular weight is 469 g/mol. The molecule has 180 valence electrons. The van der Waals surface area contributed by atoms with Gasteiger partial charge in [0, 0.05) is 17.5 Å². The first-order chi connectivity index (χ1) is 16.6. The molecule has 2 aliphatic heterocycles. The van der Waals surface area contributed by atoms with Gasteiger partial charge < -0.3 is 28.4 Å². The lowest BCUT2D eigenvalue weighted by Gasteiger charge is -2.39. The lowest BCUT2D eigenvalue weighted by molar-refractivity contribution is -0.170. The van der Waals surface area contributed by atoms with Crippen LogP contribution in [0.2, 0.25) is 0 Å². The van der Waals surface area contributed by atoms with Crippen LogP contribution < -0.4 is 14.2 Å². The molecule has 0 aromatic heterocycles. The minimum Gasteiger partial charge on any atom is -0.493 e. The molecule has 34 heavy (non-hydrogen) atoms. The molecule has 1 saturated carbocycles. The Kier molecular flexibility index (Phi) is 6.08. The highest BCUT2D eigenvalue weighted by atomic mass is 16.6. The smallest absolute Gasteiger partial charge is 0.338 e. The highest BCUT2D eigenvalue weighted by molar-refractivity contribution is 5.96. The van der Waals surface area contributed by atoms with Gasteiger partial charge in [0.05, 0.1) is 33.0 Å². The zero-order valence-electron chi connectivity index (χ0n) is 19.4. The molecule has 1 atom stereocenters. The molecule has 1 saturated heterocycles. The standard InChI is InChI=1S/C26H28O8/c1-29-21-8-7-18(17-5-3-6-19-20(17)14-32-24(19)27)22(23(21)30-2)33-15-26(10-4-11-26)25(28)34-16-9-12-31-13-16/h3,5-8,16H,4,9-15H2,1-2H3/t16-/m1/s1. The maximum atomic E-state index is 13.1. The second-order valence-corrected chi connectivity index (χ2v) is 8.90. The van der Waals surface area contributed by atoms with Gasteiger partial charge in [-0.15, -0.1) is 0 Å². The van der Waals surface area contributed by atoms with Crippen molar-refractivity contribution in [3.8, 4) is 28.4 Å². The third kappa shape index (κ3) is 3.86. The molecule has 0 unspecified atom stereocenters. The van der Waals surface area contributed by atoms with Gasteiger partial charge in [-0.05, 0) is 36.6 Å². The summed E-state index contributed by atoms with van der Waals surface area (Å²) in [5.41, 5.74) is 2.18. The van der Waals surface area contributed by atoms with Crippen LogP contribution in [0, 0.1) is 5.41 Å². The van der Waals surface area contributed by atoms with Gasteiger partial charge in [-0.25, -0.2) is 4.79 Å². The highest BCUT2D eigenvalue weighted by Crippen LogP contribution is 2.49. The largest absolute Gasteiger partial charge is 0.493 e. The Balaban J connectivity index is 1.48. The molecule has 2 aromatic carbocycles. The Morgan fingerprint density at radius 3 is 2.56 bits per heavy atom. The van der Waals surface area contributed by atoms with Crippen molar-refractivity contribution in [3.05, 3.63) is 41.5 Å². The van der Waals surface area contributed by atoms with Crippen LogP contribution >= 0.6 is 0 Å². The summed E-state index contributed by atoms with van der Waals surface area (Å²) in [5, 5.41) is 0. The van der Waals surface area contributed by atoms with Gasteiger partial charge in [-0.1, -0.05) is 18.6 Å². The van der Waals surface area contributed by atoms with E-state index in [1.165, 1.54) is 0 Å². The highest BCUT2D eigenvalue weighted by Gasteiger charge is 2.48. The molecule has 0 radical (unpaired) electrons. The fourth-order valence-corrected chi connectivity index (χ4v) is 4.76. The molecule has 5 rings (SSSR count). The van der Waals surface area contributed by atoms with E-state index in [0.717, 1.165) is 29.5 Å². The van der Waals surface area contributed by atoms with E-state index in [1.807, 2.05) is 18.2 Å². The normalized spacial score (nSPS) is 20.2. The SMILES string of the molecule is COc1ccc(-c2cccc3c2COC3=O)c(OCC2(C(=O)O[C@@H]3CCOC3)CCC2)c1OC. The molecule has 0 amide bonds. The van der Waals surface area contributed by atoms with E-state index in [1.54, 1.807) is 26.4 Å². The molecule has 2 fully saturated rings. The number of esters is 2. The Morgan fingerprint density at radius 1 is 1.06 bits per heavy atom. The van der Waals surface area contributed by atoms with E-state index in [-0.39, 0.29) is 31.3 Å². The van der Waals surface area contributed by atoms with Crippen LogP contribution in [0.3, 0.4) is 0 Å².